The molecule has 0 saturated heterocycles. The first-order valence-electron chi connectivity index (χ1n) is 11.5. The average molecular weight is 488 g/mol. The van der Waals surface area contributed by atoms with Crippen LogP contribution in [0.25, 0.3) is 10.9 Å². The smallest absolute Gasteiger partial charge is 0.262 e. The first-order valence-corrected chi connectivity index (χ1v) is 11.9. The monoisotopic (exact) mass is 487 g/mol. The lowest BCUT2D eigenvalue weighted by Crippen LogP contribution is -2.32. The maximum absolute atomic E-state index is 13.1. The van der Waals surface area contributed by atoms with Crippen LogP contribution in [0.3, 0.4) is 0 Å². The highest BCUT2D eigenvalue weighted by Gasteiger charge is 2.17. The van der Waals surface area contributed by atoms with Crippen molar-refractivity contribution in [2.75, 3.05) is 6.79 Å². The molecule has 1 amide bonds. The van der Waals surface area contributed by atoms with Gasteiger partial charge in [0.25, 0.3) is 11.5 Å². The fourth-order valence-electron chi connectivity index (χ4n) is 4.14. The SMILES string of the molecule is C[C@H](CCc1ccccc1)NC(=O)c1ccc(Cn2c(=S)[nH]c3cc4c(cc3c2=O)OCO4)cc1. The molecule has 4 aromatic rings. The fraction of sp³-hybridized carbons (Fsp3) is 0.222. The van der Waals surface area contributed by atoms with Gasteiger partial charge < -0.3 is 19.8 Å². The van der Waals surface area contributed by atoms with Crippen molar-refractivity contribution < 1.29 is 14.3 Å². The zero-order chi connectivity index (χ0) is 24.4. The van der Waals surface area contributed by atoms with E-state index in [1.54, 1.807) is 24.3 Å². The van der Waals surface area contributed by atoms with Gasteiger partial charge in [-0.1, -0.05) is 42.5 Å². The highest BCUT2D eigenvalue weighted by molar-refractivity contribution is 7.71. The van der Waals surface area contributed by atoms with Gasteiger partial charge in [0.2, 0.25) is 6.79 Å². The lowest BCUT2D eigenvalue weighted by atomic mass is 10.1. The van der Waals surface area contributed by atoms with Crippen LogP contribution in [-0.4, -0.2) is 28.3 Å². The largest absolute Gasteiger partial charge is 0.454 e. The van der Waals surface area contributed by atoms with Crippen molar-refractivity contribution in [3.05, 3.63) is 98.5 Å². The van der Waals surface area contributed by atoms with E-state index in [-0.39, 0.29) is 30.8 Å². The van der Waals surface area contributed by atoms with Crippen molar-refractivity contribution in [1.82, 2.24) is 14.9 Å². The van der Waals surface area contributed by atoms with E-state index in [2.05, 4.69) is 22.4 Å². The van der Waals surface area contributed by atoms with E-state index in [0.29, 0.717) is 32.7 Å². The Morgan fingerprint density at radius 2 is 1.77 bits per heavy atom. The summed E-state index contributed by atoms with van der Waals surface area (Å²) in [5.41, 5.74) is 3.08. The van der Waals surface area contributed by atoms with Gasteiger partial charge in [-0.15, -0.1) is 0 Å². The van der Waals surface area contributed by atoms with Crippen LogP contribution in [0.1, 0.15) is 34.8 Å². The number of nitrogens with one attached hydrogen (secondary N) is 2. The molecule has 35 heavy (non-hydrogen) atoms. The van der Waals surface area contributed by atoms with Gasteiger partial charge in [-0.05, 0) is 61.3 Å². The first-order chi connectivity index (χ1) is 17.0. The van der Waals surface area contributed by atoms with Gasteiger partial charge in [0.15, 0.2) is 16.3 Å². The fourth-order valence-corrected chi connectivity index (χ4v) is 4.39. The molecule has 0 bridgehead atoms. The van der Waals surface area contributed by atoms with Crippen molar-refractivity contribution in [3.8, 4) is 11.5 Å². The summed E-state index contributed by atoms with van der Waals surface area (Å²) in [7, 11) is 0. The number of aryl methyl sites for hydroxylation is 1. The number of fused-ring (bicyclic) bond motifs is 2. The van der Waals surface area contributed by atoms with E-state index in [1.165, 1.54) is 10.1 Å². The van der Waals surface area contributed by atoms with E-state index in [4.69, 9.17) is 21.7 Å². The Labute approximate surface area is 207 Å². The van der Waals surface area contributed by atoms with Crippen LogP contribution in [-0.2, 0) is 13.0 Å². The molecule has 0 aliphatic carbocycles. The molecule has 1 aliphatic rings. The second-order valence-electron chi connectivity index (χ2n) is 8.67. The summed E-state index contributed by atoms with van der Waals surface area (Å²) in [5, 5.41) is 3.53. The number of aromatic nitrogens is 2. The van der Waals surface area contributed by atoms with Crippen LogP contribution in [0.5, 0.6) is 11.5 Å². The Bertz CT molecular complexity index is 1490. The molecular weight excluding hydrogens is 462 g/mol. The van der Waals surface area contributed by atoms with Gasteiger partial charge in [-0.2, -0.15) is 0 Å². The Balaban J connectivity index is 1.27. The van der Waals surface area contributed by atoms with Crippen LogP contribution < -0.4 is 20.3 Å². The van der Waals surface area contributed by atoms with Crippen LogP contribution in [0.15, 0.2) is 71.5 Å². The number of hydrogen-bond acceptors (Lipinski definition) is 5. The quantitative estimate of drug-likeness (QED) is 0.373. The molecule has 2 heterocycles. The average Bonchev–Trinajstić information content (AvgIpc) is 3.33. The van der Waals surface area contributed by atoms with Crippen molar-refractivity contribution in [1.29, 1.82) is 0 Å². The predicted octanol–water partition coefficient (Wildman–Crippen LogP) is 4.59. The molecule has 1 atom stereocenters. The number of amides is 1. The lowest BCUT2D eigenvalue weighted by molar-refractivity contribution is 0.0938. The molecule has 7 nitrogen and oxygen atoms in total. The summed E-state index contributed by atoms with van der Waals surface area (Å²) < 4.78 is 12.6. The number of hydrogen-bond donors (Lipinski definition) is 2. The maximum Gasteiger partial charge on any atom is 0.262 e. The number of nitrogens with zero attached hydrogens (tertiary/aromatic N) is 1. The zero-order valence-electron chi connectivity index (χ0n) is 19.2. The van der Waals surface area contributed by atoms with Crippen molar-refractivity contribution in [2.45, 2.75) is 32.4 Å². The van der Waals surface area contributed by atoms with E-state index in [9.17, 15) is 9.59 Å². The number of rotatable bonds is 7. The minimum Gasteiger partial charge on any atom is -0.454 e. The van der Waals surface area contributed by atoms with Gasteiger partial charge in [-0.3, -0.25) is 14.2 Å². The van der Waals surface area contributed by atoms with Gasteiger partial charge in [-0.25, -0.2) is 0 Å². The van der Waals surface area contributed by atoms with Crippen molar-refractivity contribution in [2.24, 2.45) is 0 Å². The van der Waals surface area contributed by atoms with Gasteiger partial charge in [0, 0.05) is 17.7 Å². The first kappa shape index (κ1) is 22.9. The van der Waals surface area contributed by atoms with E-state index >= 15 is 0 Å². The molecule has 0 radical (unpaired) electrons. The second-order valence-corrected chi connectivity index (χ2v) is 9.05. The Kier molecular flexibility index (Phi) is 6.37. The minimum absolute atomic E-state index is 0.0488. The molecule has 1 aromatic heterocycles. The molecule has 178 valence electrons. The molecule has 1 aliphatic heterocycles. The Hall–Kier alpha value is -3.91. The Morgan fingerprint density at radius 1 is 1.06 bits per heavy atom. The maximum atomic E-state index is 13.1. The number of ether oxygens (including phenoxy) is 2. The van der Waals surface area contributed by atoms with Crippen molar-refractivity contribution >= 4 is 29.0 Å². The number of aromatic amines is 1. The van der Waals surface area contributed by atoms with E-state index in [1.807, 2.05) is 37.3 Å². The minimum atomic E-state index is -0.212. The summed E-state index contributed by atoms with van der Waals surface area (Å²) in [5.74, 6) is 1.01. The Morgan fingerprint density at radius 3 is 2.51 bits per heavy atom. The summed E-state index contributed by atoms with van der Waals surface area (Å²) in [6.07, 6.45) is 1.77. The number of carbonyl (C=O) groups excluding carboxylic acids is 1. The van der Waals surface area contributed by atoms with E-state index < -0.39 is 0 Å². The number of H-pyrrole nitrogens is 1. The molecule has 0 spiro atoms. The van der Waals surface area contributed by atoms with Crippen LogP contribution in [0.4, 0.5) is 0 Å². The third-order valence-electron chi connectivity index (χ3n) is 6.12. The molecule has 3 aromatic carbocycles. The van der Waals surface area contributed by atoms with Crippen LogP contribution in [0.2, 0.25) is 0 Å². The molecule has 8 heteroatoms. The summed E-state index contributed by atoms with van der Waals surface area (Å²) in [6.45, 7) is 2.43. The standard InChI is InChI=1S/C27H25N3O4S/c1-17(7-8-18-5-3-2-4-6-18)28-25(31)20-11-9-19(10-12-20)15-30-26(32)21-13-23-24(34-16-33-23)14-22(21)29-27(30)35/h2-6,9-14,17H,7-8,15-16H2,1H3,(H,28,31)(H,29,35)/t17-/m1/s1. The van der Waals surface area contributed by atoms with E-state index in [0.717, 1.165) is 18.4 Å². The molecule has 5 rings (SSSR count). The van der Waals surface area contributed by atoms with Crippen molar-refractivity contribution in [3.63, 3.8) is 0 Å². The summed E-state index contributed by atoms with van der Waals surface area (Å²) in [6, 6.07) is 20.9. The molecular formula is C27H25N3O4S. The normalized spacial score (nSPS) is 13.1. The lowest BCUT2D eigenvalue weighted by Gasteiger charge is -2.14. The van der Waals surface area contributed by atoms with Crippen LogP contribution >= 0.6 is 12.2 Å². The molecule has 0 saturated carbocycles. The summed E-state index contributed by atoms with van der Waals surface area (Å²) in [4.78, 5) is 28.9. The topological polar surface area (TPSA) is 85.4 Å². The van der Waals surface area contributed by atoms with Gasteiger partial charge in [0.1, 0.15) is 0 Å². The number of benzene rings is 3. The number of carbonyl (C=O) groups is 1. The zero-order valence-corrected chi connectivity index (χ0v) is 20.1. The molecule has 2 N–H and O–H groups in total. The van der Waals surface area contributed by atoms with Crippen LogP contribution in [0, 0.1) is 4.77 Å². The molecule has 0 fully saturated rings. The second kappa shape index (κ2) is 9.76. The third kappa shape index (κ3) is 4.97. The highest BCUT2D eigenvalue weighted by Crippen LogP contribution is 2.34. The highest BCUT2D eigenvalue weighted by atomic mass is 32.1. The third-order valence-corrected chi connectivity index (χ3v) is 6.44. The predicted molar refractivity (Wildman–Crippen MR) is 137 cm³/mol. The van der Waals surface area contributed by atoms with Gasteiger partial charge >= 0.3 is 0 Å². The van der Waals surface area contributed by atoms with Gasteiger partial charge in [0.05, 0.1) is 17.4 Å². The summed E-state index contributed by atoms with van der Waals surface area (Å²) >= 11 is 5.44. The molecule has 0 unspecified atom stereocenters.